The van der Waals surface area contributed by atoms with Crippen LogP contribution in [-0.4, -0.2) is 63.1 Å². The first-order valence-electron chi connectivity index (χ1n) is 10.2. The molecule has 1 aliphatic heterocycles. The number of imidazole rings is 1. The van der Waals surface area contributed by atoms with Gasteiger partial charge in [0.05, 0.1) is 6.54 Å². The van der Waals surface area contributed by atoms with Crippen molar-refractivity contribution in [1.29, 1.82) is 0 Å². The topological polar surface area (TPSA) is 66.3 Å². The van der Waals surface area contributed by atoms with E-state index in [2.05, 4.69) is 45.7 Å². The molecule has 0 radical (unpaired) electrons. The molecule has 152 valence electrons. The van der Waals surface area contributed by atoms with Crippen molar-refractivity contribution in [3.8, 4) is 5.69 Å². The minimum absolute atomic E-state index is 0.0408. The molecule has 1 aromatic carbocycles. The molecular formula is C22H28N6O. The van der Waals surface area contributed by atoms with E-state index in [4.69, 9.17) is 4.98 Å². The van der Waals surface area contributed by atoms with E-state index in [9.17, 15) is 4.79 Å². The Morgan fingerprint density at radius 1 is 1.07 bits per heavy atom. The number of benzene rings is 1. The van der Waals surface area contributed by atoms with Crippen molar-refractivity contribution in [1.82, 2.24) is 29.7 Å². The summed E-state index contributed by atoms with van der Waals surface area (Å²) < 4.78 is 2.14. The molecule has 0 unspecified atom stereocenters. The Balaban J connectivity index is 1.48. The van der Waals surface area contributed by atoms with Gasteiger partial charge in [-0.2, -0.15) is 0 Å². The smallest absolute Gasteiger partial charge is 0.317 e. The molecule has 1 aliphatic rings. The van der Waals surface area contributed by atoms with Gasteiger partial charge in [0.1, 0.15) is 11.3 Å². The summed E-state index contributed by atoms with van der Waals surface area (Å²) in [5.74, 6) is 1.43. The molecule has 29 heavy (non-hydrogen) atoms. The second-order valence-corrected chi connectivity index (χ2v) is 7.89. The van der Waals surface area contributed by atoms with Gasteiger partial charge in [0.25, 0.3) is 0 Å². The van der Waals surface area contributed by atoms with E-state index >= 15 is 0 Å². The standard InChI is InChI=1S/C22H28N6O/c1-17(2)15-24-22(29)27-13-11-26(12-14-27)16-20-25-19-9-6-10-23-21(19)28(20)18-7-4-3-5-8-18/h3-10,17H,11-16H2,1-2H3,(H,24,29). The Kier molecular flexibility index (Phi) is 5.76. The summed E-state index contributed by atoms with van der Waals surface area (Å²) in [6, 6.07) is 14.2. The fraction of sp³-hybridized carbons (Fsp3) is 0.409. The second-order valence-electron chi connectivity index (χ2n) is 7.89. The van der Waals surface area contributed by atoms with Crippen LogP contribution in [0.3, 0.4) is 0 Å². The number of carbonyl (C=O) groups excluding carboxylic acids is 1. The number of hydrogen-bond acceptors (Lipinski definition) is 4. The zero-order valence-corrected chi connectivity index (χ0v) is 17.1. The average Bonchev–Trinajstić information content (AvgIpc) is 3.11. The number of amides is 2. The van der Waals surface area contributed by atoms with Gasteiger partial charge in [0, 0.05) is 44.6 Å². The molecule has 3 heterocycles. The molecule has 7 heteroatoms. The van der Waals surface area contributed by atoms with Crippen LogP contribution in [0.4, 0.5) is 4.79 Å². The summed E-state index contributed by atoms with van der Waals surface area (Å²) in [7, 11) is 0. The number of rotatable bonds is 5. The summed E-state index contributed by atoms with van der Waals surface area (Å²) in [5.41, 5.74) is 2.84. The predicted molar refractivity (Wildman–Crippen MR) is 114 cm³/mol. The number of fused-ring (bicyclic) bond motifs is 1. The lowest BCUT2D eigenvalue weighted by molar-refractivity contribution is 0.133. The van der Waals surface area contributed by atoms with Crippen molar-refractivity contribution >= 4 is 17.2 Å². The van der Waals surface area contributed by atoms with Gasteiger partial charge in [-0.15, -0.1) is 0 Å². The maximum Gasteiger partial charge on any atom is 0.317 e. The molecule has 7 nitrogen and oxygen atoms in total. The van der Waals surface area contributed by atoms with Crippen LogP contribution in [0.25, 0.3) is 16.9 Å². The van der Waals surface area contributed by atoms with E-state index in [0.29, 0.717) is 12.5 Å². The van der Waals surface area contributed by atoms with E-state index in [1.807, 2.05) is 41.4 Å². The van der Waals surface area contributed by atoms with Crippen LogP contribution in [-0.2, 0) is 6.54 Å². The maximum absolute atomic E-state index is 12.3. The van der Waals surface area contributed by atoms with Crippen molar-refractivity contribution in [2.45, 2.75) is 20.4 Å². The van der Waals surface area contributed by atoms with Crippen LogP contribution in [0, 0.1) is 5.92 Å². The maximum atomic E-state index is 12.3. The first-order valence-corrected chi connectivity index (χ1v) is 10.2. The summed E-state index contributed by atoms with van der Waals surface area (Å²) in [4.78, 5) is 26.0. The Labute approximate surface area is 171 Å². The van der Waals surface area contributed by atoms with Gasteiger partial charge in [0.15, 0.2) is 5.65 Å². The third-order valence-electron chi connectivity index (χ3n) is 5.19. The van der Waals surface area contributed by atoms with Crippen LogP contribution in [0.15, 0.2) is 48.7 Å². The second kappa shape index (κ2) is 8.61. The molecule has 2 aromatic heterocycles. The van der Waals surface area contributed by atoms with E-state index in [-0.39, 0.29) is 6.03 Å². The first kappa shape index (κ1) is 19.4. The van der Waals surface area contributed by atoms with Gasteiger partial charge in [-0.05, 0) is 30.2 Å². The largest absolute Gasteiger partial charge is 0.338 e. The fourth-order valence-corrected chi connectivity index (χ4v) is 3.63. The Hall–Kier alpha value is -2.93. The lowest BCUT2D eigenvalue weighted by atomic mass is 10.2. The number of aromatic nitrogens is 3. The van der Waals surface area contributed by atoms with Crippen molar-refractivity contribution in [3.63, 3.8) is 0 Å². The third kappa shape index (κ3) is 4.40. The lowest BCUT2D eigenvalue weighted by Gasteiger charge is -2.34. The Bertz CT molecular complexity index is 960. The van der Waals surface area contributed by atoms with Crippen LogP contribution in [0.5, 0.6) is 0 Å². The molecule has 0 spiro atoms. The zero-order chi connectivity index (χ0) is 20.2. The van der Waals surface area contributed by atoms with Crippen LogP contribution < -0.4 is 5.32 Å². The minimum Gasteiger partial charge on any atom is -0.338 e. The average molecular weight is 393 g/mol. The third-order valence-corrected chi connectivity index (χ3v) is 5.19. The molecule has 1 fully saturated rings. The molecule has 0 saturated carbocycles. The van der Waals surface area contributed by atoms with E-state index in [1.165, 1.54) is 0 Å². The highest BCUT2D eigenvalue weighted by Gasteiger charge is 2.23. The molecule has 0 atom stereocenters. The predicted octanol–water partition coefficient (Wildman–Crippen LogP) is 2.90. The van der Waals surface area contributed by atoms with E-state index in [1.54, 1.807) is 0 Å². The summed E-state index contributed by atoms with van der Waals surface area (Å²) >= 11 is 0. The van der Waals surface area contributed by atoms with Gasteiger partial charge in [0.2, 0.25) is 0 Å². The highest BCUT2D eigenvalue weighted by Crippen LogP contribution is 2.21. The molecular weight excluding hydrogens is 364 g/mol. The highest BCUT2D eigenvalue weighted by molar-refractivity contribution is 5.74. The minimum atomic E-state index is 0.0408. The molecule has 1 saturated heterocycles. The molecule has 2 amide bonds. The molecule has 0 bridgehead atoms. The van der Waals surface area contributed by atoms with Gasteiger partial charge in [-0.1, -0.05) is 32.0 Å². The summed E-state index contributed by atoms with van der Waals surface area (Å²) in [6.07, 6.45) is 1.81. The molecule has 3 aromatic rings. The molecule has 4 rings (SSSR count). The monoisotopic (exact) mass is 392 g/mol. The van der Waals surface area contributed by atoms with Crippen LogP contribution in [0.1, 0.15) is 19.7 Å². The van der Waals surface area contributed by atoms with Crippen molar-refractivity contribution in [3.05, 3.63) is 54.5 Å². The quantitative estimate of drug-likeness (QED) is 0.725. The summed E-state index contributed by atoms with van der Waals surface area (Å²) in [5, 5.41) is 3.01. The lowest BCUT2D eigenvalue weighted by Crippen LogP contribution is -2.52. The van der Waals surface area contributed by atoms with Crippen LogP contribution in [0.2, 0.25) is 0 Å². The fourth-order valence-electron chi connectivity index (χ4n) is 3.63. The Morgan fingerprint density at radius 3 is 2.55 bits per heavy atom. The number of carbonyl (C=O) groups is 1. The van der Waals surface area contributed by atoms with Gasteiger partial charge in [-0.25, -0.2) is 14.8 Å². The summed E-state index contributed by atoms with van der Waals surface area (Å²) in [6.45, 7) is 8.78. The van der Waals surface area contributed by atoms with E-state index in [0.717, 1.165) is 55.4 Å². The van der Waals surface area contributed by atoms with Gasteiger partial charge < -0.3 is 10.2 Å². The molecule has 0 aliphatic carbocycles. The number of pyridine rings is 1. The van der Waals surface area contributed by atoms with Crippen molar-refractivity contribution < 1.29 is 4.79 Å². The zero-order valence-electron chi connectivity index (χ0n) is 17.1. The van der Waals surface area contributed by atoms with Crippen molar-refractivity contribution in [2.24, 2.45) is 5.92 Å². The number of nitrogens with zero attached hydrogens (tertiary/aromatic N) is 5. The number of nitrogens with one attached hydrogen (secondary N) is 1. The van der Waals surface area contributed by atoms with Gasteiger partial charge in [-0.3, -0.25) is 9.47 Å². The highest BCUT2D eigenvalue weighted by atomic mass is 16.2. The van der Waals surface area contributed by atoms with Gasteiger partial charge >= 0.3 is 6.03 Å². The molecule has 1 N–H and O–H groups in total. The van der Waals surface area contributed by atoms with E-state index < -0.39 is 0 Å². The first-order chi connectivity index (χ1) is 14.1. The van der Waals surface area contributed by atoms with Crippen molar-refractivity contribution in [2.75, 3.05) is 32.7 Å². The SMILES string of the molecule is CC(C)CNC(=O)N1CCN(Cc2nc3cccnc3n2-c2ccccc2)CC1. The number of urea groups is 1. The van der Waals surface area contributed by atoms with Crippen LogP contribution >= 0.6 is 0 Å². The number of piperazine rings is 1. The number of hydrogen-bond donors (Lipinski definition) is 1. The normalized spacial score (nSPS) is 15.2. The Morgan fingerprint density at radius 2 is 1.83 bits per heavy atom. The number of para-hydroxylation sites is 1.